The number of amides is 1. The molecule has 7 heteroatoms. The summed E-state index contributed by atoms with van der Waals surface area (Å²) in [7, 11) is 0. The molecule has 0 saturated carbocycles. The highest BCUT2D eigenvalue weighted by Crippen LogP contribution is 2.30. The minimum absolute atomic E-state index is 0.0103. The van der Waals surface area contributed by atoms with Gasteiger partial charge in [-0.1, -0.05) is 26.8 Å². The summed E-state index contributed by atoms with van der Waals surface area (Å²) in [5, 5.41) is 0. The van der Waals surface area contributed by atoms with E-state index in [0.29, 0.717) is 12.6 Å². The minimum atomic E-state index is -0.199. The zero-order valence-corrected chi connectivity index (χ0v) is 18.6. The average Bonchev–Trinajstić information content (AvgIpc) is 3.31. The van der Waals surface area contributed by atoms with Crippen LogP contribution in [0.2, 0.25) is 0 Å². The van der Waals surface area contributed by atoms with Gasteiger partial charge in [-0.25, -0.2) is 9.59 Å². The van der Waals surface area contributed by atoms with Crippen LogP contribution in [0, 0.1) is 0 Å². The van der Waals surface area contributed by atoms with Crippen molar-refractivity contribution in [1.82, 2.24) is 19.4 Å². The maximum Gasteiger partial charge on any atom is 0.409 e. The van der Waals surface area contributed by atoms with Crippen LogP contribution >= 0.6 is 0 Å². The molecular weight excluding hydrogens is 380 g/mol. The van der Waals surface area contributed by atoms with Crippen molar-refractivity contribution in [3.05, 3.63) is 34.2 Å². The first-order valence-electron chi connectivity index (χ1n) is 11.2. The Hall–Kier alpha value is -2.28. The van der Waals surface area contributed by atoms with Crippen molar-refractivity contribution >= 4 is 17.1 Å². The van der Waals surface area contributed by atoms with E-state index < -0.39 is 0 Å². The Bertz CT molecular complexity index is 963. The summed E-state index contributed by atoms with van der Waals surface area (Å²) in [6.07, 6.45) is 2.69. The number of aromatic nitrogens is 2. The summed E-state index contributed by atoms with van der Waals surface area (Å²) < 4.78 is 7.12. The van der Waals surface area contributed by atoms with Crippen molar-refractivity contribution in [2.24, 2.45) is 0 Å². The van der Waals surface area contributed by atoms with E-state index in [-0.39, 0.29) is 23.2 Å². The van der Waals surface area contributed by atoms with Gasteiger partial charge in [0.2, 0.25) is 0 Å². The lowest BCUT2D eigenvalue weighted by Gasteiger charge is -2.36. The van der Waals surface area contributed by atoms with Gasteiger partial charge in [0, 0.05) is 38.3 Å². The zero-order valence-electron chi connectivity index (χ0n) is 18.6. The quantitative estimate of drug-likeness (QED) is 0.835. The SMILES string of the molecule is CCOC(=O)N1CCC(N2CCC(n3c(=O)[nH]c4ccc(C(C)(C)C)cc43)CC2)C1. The summed E-state index contributed by atoms with van der Waals surface area (Å²) in [6.45, 7) is 12.3. The highest BCUT2D eigenvalue weighted by atomic mass is 16.6. The molecule has 2 aromatic rings. The molecule has 4 rings (SSSR count). The summed E-state index contributed by atoms with van der Waals surface area (Å²) >= 11 is 0. The number of likely N-dealkylation sites (tertiary alicyclic amines) is 2. The molecule has 2 aliphatic rings. The number of rotatable bonds is 3. The van der Waals surface area contributed by atoms with E-state index in [2.05, 4.69) is 42.8 Å². The molecule has 0 spiro atoms. The number of nitrogens with one attached hydrogen (secondary N) is 1. The monoisotopic (exact) mass is 414 g/mol. The number of piperidine rings is 1. The molecule has 2 aliphatic heterocycles. The van der Waals surface area contributed by atoms with Gasteiger partial charge in [0.1, 0.15) is 0 Å². The molecule has 1 unspecified atom stereocenters. The molecule has 1 atom stereocenters. The standard InChI is InChI=1S/C23H34N4O3/c1-5-30-22(29)26-13-10-18(15-26)25-11-8-17(9-12-25)27-20-14-16(23(2,3)4)6-7-19(20)24-21(27)28/h6-7,14,17-18H,5,8-13,15H2,1-4H3,(H,24,28). The highest BCUT2D eigenvalue weighted by Gasteiger charge is 2.34. The lowest BCUT2D eigenvalue weighted by Crippen LogP contribution is -2.44. The van der Waals surface area contributed by atoms with Gasteiger partial charge in [-0.3, -0.25) is 9.47 Å². The van der Waals surface area contributed by atoms with Gasteiger partial charge in [-0.2, -0.15) is 0 Å². The van der Waals surface area contributed by atoms with Gasteiger partial charge in [-0.15, -0.1) is 0 Å². The number of benzene rings is 1. The predicted octanol–water partition coefficient (Wildman–Crippen LogP) is 3.49. The average molecular weight is 415 g/mol. The van der Waals surface area contributed by atoms with Crippen LogP contribution in [0.3, 0.4) is 0 Å². The van der Waals surface area contributed by atoms with Crippen LogP contribution in [-0.2, 0) is 10.2 Å². The number of hydrogen-bond donors (Lipinski definition) is 1. The molecule has 1 aromatic heterocycles. The first-order valence-corrected chi connectivity index (χ1v) is 11.2. The van der Waals surface area contributed by atoms with Crippen LogP contribution in [0.5, 0.6) is 0 Å². The molecule has 0 radical (unpaired) electrons. The number of imidazole rings is 1. The van der Waals surface area contributed by atoms with Gasteiger partial charge < -0.3 is 14.6 Å². The minimum Gasteiger partial charge on any atom is -0.450 e. The first-order chi connectivity index (χ1) is 14.3. The molecule has 1 N–H and O–H groups in total. The first kappa shape index (κ1) is 21.0. The molecule has 2 saturated heterocycles. The van der Waals surface area contributed by atoms with Crippen LogP contribution in [0.15, 0.2) is 23.0 Å². The Morgan fingerprint density at radius 1 is 1.13 bits per heavy atom. The van der Waals surface area contributed by atoms with Crippen LogP contribution in [0.1, 0.15) is 58.6 Å². The molecular formula is C23H34N4O3. The van der Waals surface area contributed by atoms with E-state index in [1.54, 1.807) is 0 Å². The maximum absolute atomic E-state index is 12.8. The van der Waals surface area contributed by atoms with Crippen molar-refractivity contribution in [3.8, 4) is 0 Å². The van der Waals surface area contributed by atoms with Gasteiger partial charge >= 0.3 is 11.8 Å². The highest BCUT2D eigenvalue weighted by molar-refractivity contribution is 5.76. The lowest BCUT2D eigenvalue weighted by molar-refractivity contribution is 0.105. The number of hydrogen-bond acceptors (Lipinski definition) is 4. The molecule has 0 aliphatic carbocycles. The van der Waals surface area contributed by atoms with E-state index in [4.69, 9.17) is 4.74 Å². The van der Waals surface area contributed by atoms with E-state index in [1.165, 1.54) is 5.56 Å². The second kappa shape index (κ2) is 8.10. The summed E-state index contributed by atoms with van der Waals surface area (Å²) in [4.78, 5) is 32.1. The van der Waals surface area contributed by atoms with Gasteiger partial charge in [-0.05, 0) is 49.3 Å². The number of carbonyl (C=O) groups is 1. The Morgan fingerprint density at radius 3 is 2.50 bits per heavy atom. The molecule has 3 heterocycles. The van der Waals surface area contributed by atoms with Crippen LogP contribution in [-0.4, -0.2) is 64.3 Å². The molecule has 1 amide bonds. The van der Waals surface area contributed by atoms with Crippen molar-refractivity contribution in [3.63, 3.8) is 0 Å². The largest absolute Gasteiger partial charge is 0.450 e. The predicted molar refractivity (Wildman–Crippen MR) is 118 cm³/mol. The van der Waals surface area contributed by atoms with Crippen molar-refractivity contribution in [2.45, 2.75) is 64.5 Å². The van der Waals surface area contributed by atoms with Gasteiger partial charge in [0.15, 0.2) is 0 Å². The third-order valence-electron chi connectivity index (χ3n) is 6.65. The van der Waals surface area contributed by atoms with Crippen LogP contribution < -0.4 is 5.69 Å². The number of aromatic amines is 1. The van der Waals surface area contributed by atoms with Gasteiger partial charge in [0.25, 0.3) is 0 Å². The molecule has 164 valence electrons. The van der Waals surface area contributed by atoms with E-state index >= 15 is 0 Å². The third kappa shape index (κ3) is 4.00. The van der Waals surface area contributed by atoms with Crippen molar-refractivity contribution in [2.75, 3.05) is 32.8 Å². The van der Waals surface area contributed by atoms with Crippen LogP contribution in [0.25, 0.3) is 11.0 Å². The molecule has 30 heavy (non-hydrogen) atoms. The molecule has 7 nitrogen and oxygen atoms in total. The smallest absolute Gasteiger partial charge is 0.409 e. The summed E-state index contributed by atoms with van der Waals surface area (Å²) in [5.74, 6) is 0. The number of H-pyrrole nitrogens is 1. The third-order valence-corrected chi connectivity index (χ3v) is 6.65. The maximum atomic E-state index is 12.8. The number of ether oxygens (including phenoxy) is 1. The van der Waals surface area contributed by atoms with Crippen molar-refractivity contribution < 1.29 is 9.53 Å². The second-order valence-electron chi connectivity index (χ2n) is 9.64. The second-order valence-corrected chi connectivity index (χ2v) is 9.64. The number of carbonyl (C=O) groups excluding carboxylic acids is 1. The van der Waals surface area contributed by atoms with E-state index in [0.717, 1.165) is 56.5 Å². The normalized spacial score (nSPS) is 21.5. The fourth-order valence-electron chi connectivity index (χ4n) is 4.88. The Kier molecular flexibility index (Phi) is 5.66. The Labute approximate surface area is 178 Å². The Balaban J connectivity index is 1.46. The van der Waals surface area contributed by atoms with Crippen molar-refractivity contribution in [1.29, 1.82) is 0 Å². The number of fused-ring (bicyclic) bond motifs is 1. The molecule has 2 fully saturated rings. The number of nitrogens with zero attached hydrogens (tertiary/aromatic N) is 3. The summed E-state index contributed by atoms with van der Waals surface area (Å²) in [6, 6.07) is 6.92. The topological polar surface area (TPSA) is 70.6 Å². The zero-order chi connectivity index (χ0) is 21.5. The lowest BCUT2D eigenvalue weighted by atomic mass is 9.87. The summed E-state index contributed by atoms with van der Waals surface area (Å²) in [5.41, 5.74) is 3.20. The van der Waals surface area contributed by atoms with E-state index in [9.17, 15) is 9.59 Å². The van der Waals surface area contributed by atoms with Crippen LogP contribution in [0.4, 0.5) is 4.79 Å². The fourth-order valence-corrected chi connectivity index (χ4v) is 4.88. The fraction of sp³-hybridized carbons (Fsp3) is 0.652. The Morgan fingerprint density at radius 2 is 1.83 bits per heavy atom. The van der Waals surface area contributed by atoms with E-state index in [1.807, 2.05) is 22.5 Å². The van der Waals surface area contributed by atoms with Gasteiger partial charge in [0.05, 0.1) is 17.6 Å². The molecule has 0 bridgehead atoms. The molecule has 1 aromatic carbocycles.